The summed E-state index contributed by atoms with van der Waals surface area (Å²) < 4.78 is 0. The van der Waals surface area contributed by atoms with Crippen molar-refractivity contribution >= 4 is 0 Å². The standard InChI is InChI=1S/C9H18N2O/c10-7-1-2-8(5-7)11-4-3-9(12)6-11/h7-9,12H,1-6,10H2. The molecule has 3 unspecified atom stereocenters. The van der Waals surface area contributed by atoms with Gasteiger partial charge in [0, 0.05) is 25.2 Å². The molecule has 3 atom stereocenters. The average molecular weight is 170 g/mol. The van der Waals surface area contributed by atoms with Gasteiger partial charge in [0.25, 0.3) is 0 Å². The normalized spacial score (nSPS) is 44.0. The molecule has 1 aliphatic heterocycles. The van der Waals surface area contributed by atoms with Crippen LogP contribution in [0, 0.1) is 0 Å². The van der Waals surface area contributed by atoms with Gasteiger partial charge in [0.2, 0.25) is 0 Å². The maximum Gasteiger partial charge on any atom is 0.0679 e. The van der Waals surface area contributed by atoms with Gasteiger partial charge >= 0.3 is 0 Å². The van der Waals surface area contributed by atoms with Gasteiger partial charge in [-0.05, 0) is 25.7 Å². The highest BCUT2D eigenvalue weighted by Crippen LogP contribution is 2.25. The molecule has 70 valence electrons. The fourth-order valence-corrected chi connectivity index (χ4v) is 2.42. The second kappa shape index (κ2) is 3.32. The van der Waals surface area contributed by atoms with Gasteiger partial charge in [0.1, 0.15) is 0 Å². The van der Waals surface area contributed by atoms with E-state index in [9.17, 15) is 5.11 Å². The molecule has 0 spiro atoms. The highest BCUT2D eigenvalue weighted by Gasteiger charge is 2.31. The van der Waals surface area contributed by atoms with Crippen molar-refractivity contribution in [2.45, 2.75) is 43.9 Å². The van der Waals surface area contributed by atoms with Crippen molar-refractivity contribution in [2.24, 2.45) is 5.73 Å². The SMILES string of the molecule is NC1CCC(N2CCC(O)C2)C1. The van der Waals surface area contributed by atoms with Crippen molar-refractivity contribution < 1.29 is 5.11 Å². The Balaban J connectivity index is 1.85. The number of β-amino-alcohol motifs (C(OH)–C–C–N with tert-alkyl or cyclic N) is 1. The lowest BCUT2D eigenvalue weighted by Gasteiger charge is -2.22. The van der Waals surface area contributed by atoms with Gasteiger partial charge in [-0.3, -0.25) is 4.90 Å². The van der Waals surface area contributed by atoms with Gasteiger partial charge in [0.05, 0.1) is 6.10 Å². The molecule has 0 bridgehead atoms. The van der Waals surface area contributed by atoms with Crippen LogP contribution in [-0.2, 0) is 0 Å². The average Bonchev–Trinajstić information content (AvgIpc) is 2.58. The molecule has 0 aromatic heterocycles. The zero-order valence-electron chi connectivity index (χ0n) is 7.45. The van der Waals surface area contributed by atoms with E-state index in [1.165, 1.54) is 6.42 Å². The van der Waals surface area contributed by atoms with E-state index in [2.05, 4.69) is 4.90 Å². The smallest absolute Gasteiger partial charge is 0.0679 e. The van der Waals surface area contributed by atoms with Crippen LogP contribution in [0.5, 0.6) is 0 Å². The molecule has 3 heteroatoms. The summed E-state index contributed by atoms with van der Waals surface area (Å²) in [5.74, 6) is 0. The Morgan fingerprint density at radius 1 is 1.25 bits per heavy atom. The zero-order chi connectivity index (χ0) is 8.55. The first kappa shape index (κ1) is 8.48. The second-order valence-electron chi connectivity index (χ2n) is 4.16. The van der Waals surface area contributed by atoms with Crippen molar-refractivity contribution in [3.8, 4) is 0 Å². The zero-order valence-corrected chi connectivity index (χ0v) is 7.45. The molecule has 3 N–H and O–H groups in total. The lowest BCUT2D eigenvalue weighted by Crippen LogP contribution is -2.33. The summed E-state index contributed by atoms with van der Waals surface area (Å²) in [6, 6.07) is 1.07. The summed E-state index contributed by atoms with van der Waals surface area (Å²) >= 11 is 0. The van der Waals surface area contributed by atoms with E-state index < -0.39 is 0 Å². The molecule has 1 saturated heterocycles. The van der Waals surface area contributed by atoms with Gasteiger partial charge in [0.15, 0.2) is 0 Å². The lowest BCUT2D eigenvalue weighted by molar-refractivity contribution is 0.159. The third-order valence-corrected chi connectivity index (χ3v) is 3.16. The van der Waals surface area contributed by atoms with Crippen LogP contribution in [0.25, 0.3) is 0 Å². The summed E-state index contributed by atoms with van der Waals surface area (Å²) in [7, 11) is 0. The molecule has 3 nitrogen and oxygen atoms in total. The van der Waals surface area contributed by atoms with Gasteiger partial charge < -0.3 is 10.8 Å². The summed E-state index contributed by atoms with van der Waals surface area (Å²) in [4.78, 5) is 2.40. The van der Waals surface area contributed by atoms with E-state index in [0.29, 0.717) is 12.1 Å². The van der Waals surface area contributed by atoms with Crippen LogP contribution >= 0.6 is 0 Å². The number of likely N-dealkylation sites (tertiary alicyclic amines) is 1. The van der Waals surface area contributed by atoms with Crippen LogP contribution in [0.2, 0.25) is 0 Å². The number of aliphatic hydroxyl groups is 1. The van der Waals surface area contributed by atoms with Crippen LogP contribution in [-0.4, -0.2) is 41.3 Å². The Hall–Kier alpha value is -0.120. The topological polar surface area (TPSA) is 49.5 Å². The van der Waals surface area contributed by atoms with Crippen LogP contribution in [0.1, 0.15) is 25.7 Å². The summed E-state index contributed by atoms with van der Waals surface area (Å²) in [6.45, 7) is 1.94. The first-order valence-corrected chi connectivity index (χ1v) is 4.93. The van der Waals surface area contributed by atoms with Crippen LogP contribution in [0.4, 0.5) is 0 Å². The van der Waals surface area contributed by atoms with E-state index >= 15 is 0 Å². The van der Waals surface area contributed by atoms with Gasteiger partial charge in [-0.25, -0.2) is 0 Å². The number of hydrogen-bond acceptors (Lipinski definition) is 3. The molecule has 2 rings (SSSR count). The lowest BCUT2D eigenvalue weighted by atomic mass is 10.2. The van der Waals surface area contributed by atoms with Crippen molar-refractivity contribution in [1.82, 2.24) is 4.90 Å². The first-order chi connectivity index (χ1) is 5.75. The van der Waals surface area contributed by atoms with Gasteiger partial charge in [-0.2, -0.15) is 0 Å². The van der Waals surface area contributed by atoms with Crippen molar-refractivity contribution in [3.63, 3.8) is 0 Å². The summed E-state index contributed by atoms with van der Waals surface area (Å²) in [5, 5.41) is 9.35. The summed E-state index contributed by atoms with van der Waals surface area (Å²) in [5.41, 5.74) is 5.84. The van der Waals surface area contributed by atoms with Gasteiger partial charge in [-0.1, -0.05) is 0 Å². The fourth-order valence-electron chi connectivity index (χ4n) is 2.42. The number of hydrogen-bond donors (Lipinski definition) is 2. The van der Waals surface area contributed by atoms with Crippen LogP contribution in [0.15, 0.2) is 0 Å². The van der Waals surface area contributed by atoms with Crippen molar-refractivity contribution in [2.75, 3.05) is 13.1 Å². The molecule has 12 heavy (non-hydrogen) atoms. The molecule has 1 heterocycles. The van der Waals surface area contributed by atoms with Crippen LogP contribution < -0.4 is 5.73 Å². The van der Waals surface area contributed by atoms with Crippen LogP contribution in [0.3, 0.4) is 0 Å². The third kappa shape index (κ3) is 1.63. The molecule has 0 aromatic rings. The third-order valence-electron chi connectivity index (χ3n) is 3.16. The molecule has 0 radical (unpaired) electrons. The molecule has 2 aliphatic rings. The number of aliphatic hydroxyl groups excluding tert-OH is 1. The molecule has 2 fully saturated rings. The molecule has 1 saturated carbocycles. The Bertz CT molecular complexity index is 145. The molecule has 0 amide bonds. The van der Waals surface area contributed by atoms with Crippen molar-refractivity contribution in [3.05, 3.63) is 0 Å². The first-order valence-electron chi connectivity index (χ1n) is 4.93. The minimum absolute atomic E-state index is 0.0816. The van der Waals surface area contributed by atoms with Crippen molar-refractivity contribution in [1.29, 1.82) is 0 Å². The highest BCUT2D eigenvalue weighted by molar-refractivity contribution is 4.88. The quantitative estimate of drug-likeness (QED) is 0.579. The molecule has 1 aliphatic carbocycles. The van der Waals surface area contributed by atoms with E-state index in [1.54, 1.807) is 0 Å². The highest BCUT2D eigenvalue weighted by atomic mass is 16.3. The maximum atomic E-state index is 9.35. The Kier molecular flexibility index (Phi) is 2.35. The minimum Gasteiger partial charge on any atom is -0.392 e. The van der Waals surface area contributed by atoms with Gasteiger partial charge in [-0.15, -0.1) is 0 Å². The Labute approximate surface area is 73.5 Å². The largest absolute Gasteiger partial charge is 0.392 e. The summed E-state index contributed by atoms with van der Waals surface area (Å²) in [6.07, 6.45) is 4.39. The molecular formula is C9H18N2O. The number of rotatable bonds is 1. The Morgan fingerprint density at radius 2 is 2.08 bits per heavy atom. The maximum absolute atomic E-state index is 9.35. The number of nitrogens with two attached hydrogens (primary N) is 1. The minimum atomic E-state index is -0.0816. The predicted molar refractivity (Wildman–Crippen MR) is 47.8 cm³/mol. The van der Waals surface area contributed by atoms with E-state index in [4.69, 9.17) is 5.73 Å². The van der Waals surface area contributed by atoms with E-state index in [1.807, 2.05) is 0 Å². The fraction of sp³-hybridized carbons (Fsp3) is 1.00. The predicted octanol–water partition coefficient (Wildman–Crippen LogP) is -0.0672. The monoisotopic (exact) mass is 170 g/mol. The van der Waals surface area contributed by atoms with E-state index in [0.717, 1.165) is 32.4 Å². The molecule has 0 aromatic carbocycles. The second-order valence-corrected chi connectivity index (χ2v) is 4.16. The Morgan fingerprint density at radius 3 is 2.58 bits per heavy atom. The van der Waals surface area contributed by atoms with E-state index in [-0.39, 0.29) is 6.10 Å². The molecular weight excluding hydrogens is 152 g/mol. The number of nitrogens with zero attached hydrogens (tertiary/aromatic N) is 1.